The summed E-state index contributed by atoms with van der Waals surface area (Å²) in [6.45, 7) is 5.27. The summed E-state index contributed by atoms with van der Waals surface area (Å²) in [7, 11) is 0. The molecule has 0 bridgehead atoms. The maximum absolute atomic E-state index is 5.75. The predicted octanol–water partition coefficient (Wildman–Crippen LogP) is 2.40. The third kappa shape index (κ3) is 5.68. The van der Waals surface area contributed by atoms with Gasteiger partial charge in [0.15, 0.2) is 0 Å². The lowest BCUT2D eigenvalue weighted by atomic mass is 9.86. The van der Waals surface area contributed by atoms with Crippen molar-refractivity contribution in [2.75, 3.05) is 39.6 Å². The minimum absolute atomic E-state index is 0.403. The molecule has 2 atom stereocenters. The van der Waals surface area contributed by atoms with E-state index in [0.29, 0.717) is 12.2 Å². The molecule has 2 saturated heterocycles. The second-order valence-electron chi connectivity index (χ2n) is 6.58. The Morgan fingerprint density at radius 3 is 1.40 bits per heavy atom. The van der Waals surface area contributed by atoms with E-state index in [9.17, 15) is 0 Å². The van der Waals surface area contributed by atoms with Crippen molar-refractivity contribution in [3.05, 3.63) is 0 Å². The van der Waals surface area contributed by atoms with Crippen molar-refractivity contribution in [2.24, 2.45) is 11.8 Å². The van der Waals surface area contributed by atoms with Gasteiger partial charge in [-0.25, -0.2) is 0 Å². The Morgan fingerprint density at radius 1 is 0.650 bits per heavy atom. The van der Waals surface area contributed by atoms with Crippen LogP contribution in [0.2, 0.25) is 0 Å². The highest BCUT2D eigenvalue weighted by Gasteiger charge is 2.24. The molecule has 3 aliphatic rings. The number of ether oxygens (including phenoxy) is 4. The normalized spacial score (nSPS) is 37.2. The van der Waals surface area contributed by atoms with Crippen LogP contribution in [-0.2, 0) is 18.9 Å². The highest BCUT2D eigenvalue weighted by atomic mass is 16.6. The van der Waals surface area contributed by atoms with E-state index >= 15 is 0 Å². The van der Waals surface area contributed by atoms with Crippen molar-refractivity contribution < 1.29 is 18.9 Å². The topological polar surface area (TPSA) is 43.5 Å². The van der Waals surface area contributed by atoms with Gasteiger partial charge in [0.2, 0.25) is 0 Å². The van der Waals surface area contributed by atoms with Crippen molar-refractivity contribution in [3.63, 3.8) is 0 Å². The van der Waals surface area contributed by atoms with Gasteiger partial charge >= 0.3 is 0 Å². The Labute approximate surface area is 122 Å². The number of epoxide rings is 2. The van der Waals surface area contributed by atoms with Gasteiger partial charge in [0.1, 0.15) is 12.2 Å². The van der Waals surface area contributed by atoms with Gasteiger partial charge in [0.05, 0.1) is 26.4 Å². The molecule has 3 fully saturated rings. The van der Waals surface area contributed by atoms with Gasteiger partial charge < -0.3 is 18.9 Å². The zero-order valence-electron chi connectivity index (χ0n) is 12.4. The van der Waals surface area contributed by atoms with Crippen LogP contribution in [0.15, 0.2) is 0 Å². The molecule has 4 nitrogen and oxygen atoms in total. The first-order chi connectivity index (χ1) is 9.90. The molecule has 2 aliphatic heterocycles. The number of hydrogen-bond acceptors (Lipinski definition) is 4. The molecular weight excluding hydrogens is 256 g/mol. The van der Waals surface area contributed by atoms with Crippen molar-refractivity contribution in [1.82, 2.24) is 0 Å². The first-order valence-corrected chi connectivity index (χ1v) is 8.29. The SMILES string of the molecule is C1CC(COCC2CO2)CCCC(COCC2CO2)C1. The molecule has 4 heteroatoms. The van der Waals surface area contributed by atoms with Gasteiger partial charge in [-0.15, -0.1) is 0 Å². The van der Waals surface area contributed by atoms with Crippen molar-refractivity contribution in [3.8, 4) is 0 Å². The Morgan fingerprint density at radius 2 is 1.05 bits per heavy atom. The zero-order chi connectivity index (χ0) is 13.6. The highest BCUT2D eigenvalue weighted by molar-refractivity contribution is 4.72. The van der Waals surface area contributed by atoms with Crippen molar-refractivity contribution >= 4 is 0 Å². The lowest BCUT2D eigenvalue weighted by Gasteiger charge is -2.24. The standard InChI is InChI=1S/C16H28O4/c1-3-13(7-17-9-15-11-19-15)5-2-6-14(4-1)8-18-10-16-12-20-16/h13-16H,1-12H2. The van der Waals surface area contributed by atoms with Crippen LogP contribution in [0.5, 0.6) is 0 Å². The van der Waals surface area contributed by atoms with Crippen molar-refractivity contribution in [2.45, 2.75) is 50.7 Å². The van der Waals surface area contributed by atoms with E-state index in [1.165, 1.54) is 38.5 Å². The molecule has 1 aliphatic carbocycles. The molecular formula is C16H28O4. The smallest absolute Gasteiger partial charge is 0.104 e. The van der Waals surface area contributed by atoms with Crippen LogP contribution in [0.4, 0.5) is 0 Å². The largest absolute Gasteiger partial charge is 0.378 e. The van der Waals surface area contributed by atoms with E-state index in [-0.39, 0.29) is 0 Å². The third-order valence-electron chi connectivity index (χ3n) is 4.57. The Hall–Kier alpha value is -0.160. The minimum Gasteiger partial charge on any atom is -0.378 e. The molecule has 0 spiro atoms. The summed E-state index contributed by atoms with van der Waals surface area (Å²) >= 11 is 0. The van der Waals surface area contributed by atoms with Gasteiger partial charge in [0.25, 0.3) is 0 Å². The van der Waals surface area contributed by atoms with Gasteiger partial charge in [-0.05, 0) is 37.5 Å². The first kappa shape index (κ1) is 14.8. The molecule has 0 aromatic rings. The molecule has 0 N–H and O–H groups in total. The van der Waals surface area contributed by atoms with Crippen LogP contribution in [0.25, 0.3) is 0 Å². The Balaban J connectivity index is 1.24. The van der Waals surface area contributed by atoms with E-state index in [1.54, 1.807) is 0 Å². The lowest BCUT2D eigenvalue weighted by Crippen LogP contribution is -2.18. The van der Waals surface area contributed by atoms with E-state index in [1.807, 2.05) is 0 Å². The fourth-order valence-corrected chi connectivity index (χ4v) is 3.07. The molecule has 0 amide bonds. The summed E-state index contributed by atoms with van der Waals surface area (Å²) in [4.78, 5) is 0. The van der Waals surface area contributed by atoms with Crippen LogP contribution >= 0.6 is 0 Å². The number of hydrogen-bond donors (Lipinski definition) is 0. The summed E-state index contributed by atoms with van der Waals surface area (Å²) in [6.07, 6.45) is 8.70. The first-order valence-electron chi connectivity index (χ1n) is 8.29. The maximum Gasteiger partial charge on any atom is 0.104 e. The summed E-state index contributed by atoms with van der Waals surface area (Å²) in [5.41, 5.74) is 0. The fourth-order valence-electron chi connectivity index (χ4n) is 3.07. The molecule has 0 aromatic carbocycles. The number of rotatable bonds is 8. The molecule has 0 aromatic heterocycles. The molecule has 20 heavy (non-hydrogen) atoms. The average molecular weight is 284 g/mol. The second-order valence-corrected chi connectivity index (χ2v) is 6.58. The van der Waals surface area contributed by atoms with Crippen LogP contribution in [0, 0.1) is 11.8 Å². The summed E-state index contributed by atoms with van der Waals surface area (Å²) < 4.78 is 21.8. The predicted molar refractivity (Wildman–Crippen MR) is 75.8 cm³/mol. The summed E-state index contributed by atoms with van der Waals surface area (Å²) in [5, 5.41) is 0. The molecule has 0 radical (unpaired) electrons. The van der Waals surface area contributed by atoms with E-state index in [2.05, 4.69) is 0 Å². The summed E-state index contributed by atoms with van der Waals surface area (Å²) in [5.74, 6) is 1.52. The molecule has 116 valence electrons. The Bertz CT molecular complexity index is 240. The minimum atomic E-state index is 0.403. The zero-order valence-corrected chi connectivity index (χ0v) is 12.4. The quantitative estimate of drug-likeness (QED) is 0.642. The summed E-state index contributed by atoms with van der Waals surface area (Å²) in [6, 6.07) is 0. The van der Waals surface area contributed by atoms with Crippen LogP contribution < -0.4 is 0 Å². The lowest BCUT2D eigenvalue weighted by molar-refractivity contribution is 0.0604. The van der Waals surface area contributed by atoms with E-state index < -0.39 is 0 Å². The fraction of sp³-hybridized carbons (Fsp3) is 1.00. The van der Waals surface area contributed by atoms with E-state index in [4.69, 9.17) is 18.9 Å². The van der Waals surface area contributed by atoms with Gasteiger partial charge in [-0.3, -0.25) is 0 Å². The van der Waals surface area contributed by atoms with Gasteiger partial charge in [-0.2, -0.15) is 0 Å². The molecule has 3 rings (SSSR count). The van der Waals surface area contributed by atoms with Gasteiger partial charge in [0, 0.05) is 13.2 Å². The third-order valence-corrected chi connectivity index (χ3v) is 4.57. The monoisotopic (exact) mass is 284 g/mol. The maximum atomic E-state index is 5.75. The molecule has 2 heterocycles. The molecule has 1 saturated carbocycles. The van der Waals surface area contributed by atoms with Crippen LogP contribution in [0.3, 0.4) is 0 Å². The molecule has 2 unspecified atom stereocenters. The second kappa shape index (κ2) is 7.74. The van der Waals surface area contributed by atoms with Crippen LogP contribution in [0.1, 0.15) is 38.5 Å². The van der Waals surface area contributed by atoms with Crippen molar-refractivity contribution in [1.29, 1.82) is 0 Å². The highest BCUT2D eigenvalue weighted by Crippen LogP contribution is 2.27. The van der Waals surface area contributed by atoms with Crippen LogP contribution in [-0.4, -0.2) is 51.8 Å². The Kier molecular flexibility index (Phi) is 5.71. The van der Waals surface area contributed by atoms with Gasteiger partial charge in [-0.1, -0.05) is 12.8 Å². The average Bonchev–Trinajstić information content (AvgIpc) is 3.28. The van der Waals surface area contributed by atoms with E-state index in [0.717, 1.165) is 51.5 Å².